The summed E-state index contributed by atoms with van der Waals surface area (Å²) < 4.78 is 38.0. The van der Waals surface area contributed by atoms with Crippen molar-refractivity contribution in [2.24, 2.45) is 0 Å². The van der Waals surface area contributed by atoms with E-state index in [2.05, 4.69) is 5.32 Å². The predicted molar refractivity (Wildman–Crippen MR) is 63.5 cm³/mol. The highest BCUT2D eigenvalue weighted by Gasteiger charge is 2.32. The summed E-state index contributed by atoms with van der Waals surface area (Å²) in [6.45, 7) is 0.169. The Morgan fingerprint density at radius 2 is 1.94 bits per heavy atom. The molecule has 2 nitrogen and oxygen atoms in total. The number of alkyl halides is 4. The normalized spacial score (nSPS) is 11.3. The second kappa shape index (κ2) is 6.64. The topological polar surface area (TPSA) is 29.1 Å². The van der Waals surface area contributed by atoms with Crippen LogP contribution in [0.3, 0.4) is 0 Å². The Morgan fingerprint density at radius 1 is 1.28 bits per heavy atom. The molecule has 100 valence electrons. The first-order valence-corrected chi connectivity index (χ1v) is 5.96. The Kier molecular flexibility index (Phi) is 5.47. The van der Waals surface area contributed by atoms with Crippen LogP contribution < -0.4 is 5.32 Å². The summed E-state index contributed by atoms with van der Waals surface area (Å²) in [6, 6.07) is 5.34. The fraction of sp³-hybridized carbons (Fsp3) is 0.417. The molecule has 6 heteroatoms. The van der Waals surface area contributed by atoms with E-state index in [0.29, 0.717) is 0 Å². The zero-order chi connectivity index (χ0) is 13.6. The van der Waals surface area contributed by atoms with E-state index in [1.54, 1.807) is 6.07 Å². The van der Waals surface area contributed by atoms with E-state index < -0.39 is 11.7 Å². The molecule has 0 radical (unpaired) electrons. The van der Waals surface area contributed by atoms with Gasteiger partial charge in [-0.15, -0.1) is 11.6 Å². The SMILES string of the molecule is O=C(CCCl)NCCc1ccccc1C(F)(F)F. The lowest BCUT2D eigenvalue weighted by Crippen LogP contribution is -2.26. The molecule has 1 amide bonds. The summed E-state index contributed by atoms with van der Waals surface area (Å²) in [5, 5.41) is 2.52. The number of benzene rings is 1. The lowest BCUT2D eigenvalue weighted by Gasteiger charge is -2.12. The number of nitrogens with one attached hydrogen (secondary N) is 1. The van der Waals surface area contributed by atoms with Gasteiger partial charge in [-0.3, -0.25) is 4.79 Å². The first kappa shape index (κ1) is 14.8. The quantitative estimate of drug-likeness (QED) is 0.825. The van der Waals surface area contributed by atoms with Gasteiger partial charge in [0.1, 0.15) is 0 Å². The maximum absolute atomic E-state index is 12.7. The summed E-state index contributed by atoms with van der Waals surface area (Å²) in [7, 11) is 0. The van der Waals surface area contributed by atoms with Gasteiger partial charge < -0.3 is 5.32 Å². The van der Waals surface area contributed by atoms with Crippen LogP contribution in [-0.4, -0.2) is 18.3 Å². The fourth-order valence-corrected chi connectivity index (χ4v) is 1.70. The monoisotopic (exact) mass is 279 g/mol. The molecule has 0 saturated heterocycles. The summed E-state index contributed by atoms with van der Waals surface area (Å²) in [5.41, 5.74) is -0.479. The number of halogens is 4. The fourth-order valence-electron chi connectivity index (χ4n) is 1.53. The van der Waals surface area contributed by atoms with Crippen molar-refractivity contribution < 1.29 is 18.0 Å². The Balaban J connectivity index is 2.60. The van der Waals surface area contributed by atoms with Gasteiger partial charge in [-0.25, -0.2) is 0 Å². The number of carbonyl (C=O) groups is 1. The third-order valence-corrected chi connectivity index (χ3v) is 2.55. The molecular formula is C12H13ClF3NO. The minimum atomic E-state index is -4.36. The average Bonchev–Trinajstić information content (AvgIpc) is 2.28. The molecule has 0 aromatic heterocycles. The molecule has 1 rings (SSSR count). The van der Waals surface area contributed by atoms with Gasteiger partial charge in [-0.05, 0) is 18.1 Å². The van der Waals surface area contributed by atoms with Crippen LogP contribution >= 0.6 is 11.6 Å². The van der Waals surface area contributed by atoms with Gasteiger partial charge in [0.15, 0.2) is 0 Å². The highest BCUT2D eigenvalue weighted by Crippen LogP contribution is 2.31. The minimum Gasteiger partial charge on any atom is -0.356 e. The molecular weight excluding hydrogens is 267 g/mol. The van der Waals surface area contributed by atoms with Gasteiger partial charge >= 0.3 is 6.18 Å². The van der Waals surface area contributed by atoms with Crippen molar-refractivity contribution in [1.29, 1.82) is 0 Å². The zero-order valence-corrected chi connectivity index (χ0v) is 10.3. The van der Waals surface area contributed by atoms with E-state index in [4.69, 9.17) is 11.6 Å². The largest absolute Gasteiger partial charge is 0.416 e. The van der Waals surface area contributed by atoms with Crippen LogP contribution in [0.5, 0.6) is 0 Å². The molecule has 1 N–H and O–H groups in total. The van der Waals surface area contributed by atoms with Crippen molar-refractivity contribution in [3.05, 3.63) is 35.4 Å². The van der Waals surface area contributed by atoms with E-state index >= 15 is 0 Å². The maximum atomic E-state index is 12.7. The molecule has 0 heterocycles. The summed E-state index contributed by atoms with van der Waals surface area (Å²) in [6.07, 6.45) is -4.05. The second-order valence-corrected chi connectivity index (χ2v) is 4.07. The Labute approximate surface area is 108 Å². The molecule has 1 aromatic rings. The maximum Gasteiger partial charge on any atom is 0.416 e. The lowest BCUT2D eigenvalue weighted by atomic mass is 10.0. The van der Waals surface area contributed by atoms with E-state index in [1.807, 2.05) is 0 Å². The first-order valence-electron chi connectivity index (χ1n) is 5.43. The molecule has 0 bridgehead atoms. The molecule has 0 unspecified atom stereocenters. The molecule has 0 spiro atoms. The molecule has 18 heavy (non-hydrogen) atoms. The third kappa shape index (κ3) is 4.56. The highest BCUT2D eigenvalue weighted by molar-refractivity contribution is 6.18. The number of carbonyl (C=O) groups excluding carboxylic acids is 1. The van der Waals surface area contributed by atoms with Crippen LogP contribution in [0.2, 0.25) is 0 Å². The van der Waals surface area contributed by atoms with Crippen molar-refractivity contribution in [2.75, 3.05) is 12.4 Å². The Bertz CT molecular complexity index is 407. The van der Waals surface area contributed by atoms with Gasteiger partial charge in [-0.2, -0.15) is 13.2 Å². The van der Waals surface area contributed by atoms with Crippen LogP contribution in [0.4, 0.5) is 13.2 Å². The zero-order valence-electron chi connectivity index (χ0n) is 9.56. The summed E-state index contributed by atoms with van der Waals surface area (Å²) in [5.74, 6) is -0.0557. The van der Waals surface area contributed by atoms with Crippen LogP contribution in [0.1, 0.15) is 17.5 Å². The van der Waals surface area contributed by atoms with E-state index in [1.165, 1.54) is 12.1 Å². The van der Waals surface area contributed by atoms with Crippen molar-refractivity contribution >= 4 is 17.5 Å². The third-order valence-electron chi connectivity index (χ3n) is 2.36. The van der Waals surface area contributed by atoms with Crippen molar-refractivity contribution in [1.82, 2.24) is 5.32 Å². The molecule has 0 fully saturated rings. The van der Waals surface area contributed by atoms with Gasteiger partial charge in [0.25, 0.3) is 0 Å². The molecule has 0 aliphatic carbocycles. The number of hydrogen-bond acceptors (Lipinski definition) is 1. The lowest BCUT2D eigenvalue weighted by molar-refractivity contribution is -0.138. The van der Waals surface area contributed by atoms with Crippen LogP contribution in [0.25, 0.3) is 0 Å². The van der Waals surface area contributed by atoms with Gasteiger partial charge in [-0.1, -0.05) is 18.2 Å². The van der Waals surface area contributed by atoms with Gasteiger partial charge in [0, 0.05) is 18.8 Å². The molecule has 0 aliphatic rings. The van der Waals surface area contributed by atoms with Crippen LogP contribution in [0, 0.1) is 0 Å². The Morgan fingerprint density at radius 3 is 2.56 bits per heavy atom. The Hall–Kier alpha value is -1.23. The van der Waals surface area contributed by atoms with Crippen LogP contribution in [0.15, 0.2) is 24.3 Å². The first-order chi connectivity index (χ1) is 8.45. The minimum absolute atomic E-state index is 0.143. The number of rotatable bonds is 5. The smallest absolute Gasteiger partial charge is 0.356 e. The number of amides is 1. The van der Waals surface area contributed by atoms with E-state index in [9.17, 15) is 18.0 Å². The van der Waals surface area contributed by atoms with Gasteiger partial charge in [0.05, 0.1) is 5.56 Å². The molecule has 0 aliphatic heterocycles. The summed E-state index contributed by atoms with van der Waals surface area (Å²) in [4.78, 5) is 11.1. The summed E-state index contributed by atoms with van der Waals surface area (Å²) >= 11 is 5.37. The molecule has 1 aromatic carbocycles. The van der Waals surface area contributed by atoms with Crippen molar-refractivity contribution in [2.45, 2.75) is 19.0 Å². The van der Waals surface area contributed by atoms with E-state index in [0.717, 1.165) is 6.07 Å². The standard InChI is InChI=1S/C12H13ClF3NO/c13-7-5-11(18)17-8-6-9-3-1-2-4-10(9)12(14,15)16/h1-4H,5-8H2,(H,17,18). The predicted octanol–water partition coefficient (Wildman–Crippen LogP) is 2.99. The van der Waals surface area contributed by atoms with E-state index in [-0.39, 0.29) is 36.7 Å². The van der Waals surface area contributed by atoms with Crippen molar-refractivity contribution in [3.63, 3.8) is 0 Å². The average molecular weight is 280 g/mol. The van der Waals surface area contributed by atoms with Gasteiger partial charge in [0.2, 0.25) is 5.91 Å². The highest BCUT2D eigenvalue weighted by atomic mass is 35.5. The molecule has 0 saturated carbocycles. The number of hydrogen-bond donors (Lipinski definition) is 1. The molecule has 0 atom stereocenters. The van der Waals surface area contributed by atoms with Crippen LogP contribution in [-0.2, 0) is 17.4 Å². The second-order valence-electron chi connectivity index (χ2n) is 3.69. The van der Waals surface area contributed by atoms with Crippen molar-refractivity contribution in [3.8, 4) is 0 Å².